The minimum Gasteiger partial charge on any atom is -0.496 e. The molecule has 0 atom stereocenters. The topological polar surface area (TPSA) is 286 Å². The number of aryl methyl sites for hydroxylation is 9. The Balaban J connectivity index is 0.000000146. The molecule has 0 radical (unpaired) electrons. The normalized spacial score (nSPS) is 10.7. The fourth-order valence-electron chi connectivity index (χ4n) is 12.9. The summed E-state index contributed by atoms with van der Waals surface area (Å²) in [5, 5.41) is 46.5. The van der Waals surface area contributed by atoms with Crippen LogP contribution in [-0.2, 0) is 21.1 Å². The summed E-state index contributed by atoms with van der Waals surface area (Å²) in [4.78, 5) is 34.5. The van der Waals surface area contributed by atoms with Gasteiger partial charge in [0.2, 0.25) is 41.4 Å². The van der Waals surface area contributed by atoms with Crippen molar-refractivity contribution in [1.29, 1.82) is 21.0 Å². The Morgan fingerprint density at radius 2 is 0.757 bits per heavy atom. The largest absolute Gasteiger partial charge is 0.496 e. The Bertz CT molecular complexity index is 6130. The third-order valence-electron chi connectivity index (χ3n) is 18.5. The summed E-state index contributed by atoms with van der Waals surface area (Å²) in [7, 11) is 13.1. The van der Waals surface area contributed by atoms with E-state index >= 15 is 0 Å². The number of benzene rings is 8. The van der Waals surface area contributed by atoms with Crippen molar-refractivity contribution in [3.63, 3.8) is 0 Å². The number of nitrogens with zero attached hydrogens (tertiary/aromatic N) is 15. The molecule has 15 rings (SSSR count). The summed E-state index contributed by atoms with van der Waals surface area (Å²) >= 11 is 0. The third kappa shape index (κ3) is 16.3. The summed E-state index contributed by atoms with van der Waals surface area (Å²) in [5.41, 5.74) is 22.1. The van der Waals surface area contributed by atoms with Gasteiger partial charge in [0.15, 0.2) is 0 Å². The van der Waals surface area contributed by atoms with Crippen molar-refractivity contribution < 1.29 is 23.7 Å². The molecule has 0 bridgehead atoms. The maximum atomic E-state index is 9.68. The van der Waals surface area contributed by atoms with Gasteiger partial charge in [-0.1, -0.05) is 18.2 Å². The number of hydrogen-bond donors (Lipinski definition) is 3. The van der Waals surface area contributed by atoms with Crippen LogP contribution in [0.3, 0.4) is 0 Å². The average Bonchev–Trinajstić information content (AvgIpc) is 1.44. The van der Waals surface area contributed by atoms with E-state index in [0.29, 0.717) is 75.1 Å². The molecule has 0 unspecified atom stereocenters. The van der Waals surface area contributed by atoms with Crippen molar-refractivity contribution in [2.24, 2.45) is 21.1 Å². The minimum atomic E-state index is 0.378. The van der Waals surface area contributed by atoms with Gasteiger partial charge >= 0.3 is 0 Å². The number of rotatable bonds is 18. The van der Waals surface area contributed by atoms with Gasteiger partial charge in [-0.15, -0.1) is 0 Å². The van der Waals surface area contributed by atoms with E-state index in [-0.39, 0.29) is 0 Å². The molecule has 0 aliphatic carbocycles. The van der Waals surface area contributed by atoms with Crippen LogP contribution in [0.4, 0.5) is 40.6 Å². The summed E-state index contributed by atoms with van der Waals surface area (Å²) in [5.74, 6) is 5.95. The molecule has 23 nitrogen and oxygen atoms in total. The summed E-state index contributed by atoms with van der Waals surface area (Å²) in [6.07, 6.45) is 7.58. The summed E-state index contributed by atoms with van der Waals surface area (Å²) in [6, 6.07) is 65.9. The fourth-order valence-corrected chi connectivity index (χ4v) is 12.9. The van der Waals surface area contributed by atoms with Gasteiger partial charge in [-0.3, -0.25) is 0 Å². The number of fused-ring (bicyclic) bond motifs is 3. The van der Waals surface area contributed by atoms with Crippen molar-refractivity contribution >= 4 is 73.7 Å². The first kappa shape index (κ1) is 74.2. The molecular weight excluding hydrogens is 1390 g/mol. The second-order valence-electron chi connectivity index (χ2n) is 26.6. The maximum absolute atomic E-state index is 9.68. The van der Waals surface area contributed by atoms with Gasteiger partial charge in [0.05, 0.1) is 77.3 Å². The van der Waals surface area contributed by atoms with Gasteiger partial charge in [-0.05, 0) is 255 Å². The molecule has 15 aromatic rings. The molecule has 23 heteroatoms. The smallest absolute Gasteiger partial charge is 0.249 e. The van der Waals surface area contributed by atoms with E-state index in [1.165, 1.54) is 0 Å². The van der Waals surface area contributed by atoms with Crippen molar-refractivity contribution in [2.45, 2.75) is 41.5 Å². The van der Waals surface area contributed by atoms with E-state index in [2.05, 4.69) is 127 Å². The Morgan fingerprint density at radius 3 is 1.10 bits per heavy atom. The molecule has 0 fully saturated rings. The van der Waals surface area contributed by atoms with E-state index < -0.39 is 0 Å². The van der Waals surface area contributed by atoms with Crippen LogP contribution in [0.5, 0.6) is 46.5 Å². The zero-order valence-corrected chi connectivity index (χ0v) is 63.4. The van der Waals surface area contributed by atoms with Gasteiger partial charge in [-0.2, -0.15) is 36.0 Å². The van der Waals surface area contributed by atoms with Gasteiger partial charge in [-0.25, -0.2) is 19.9 Å². The molecular formula is C88H76N18O5. The molecule has 0 spiro atoms. The minimum absolute atomic E-state index is 0.378. The van der Waals surface area contributed by atoms with Crippen LogP contribution >= 0.6 is 0 Å². The number of methoxy groups -OCH3 is 2. The Morgan fingerprint density at radius 1 is 0.378 bits per heavy atom. The Kier molecular flexibility index (Phi) is 21.6. The van der Waals surface area contributed by atoms with Crippen LogP contribution in [0.1, 0.15) is 55.6 Å². The van der Waals surface area contributed by atoms with Crippen molar-refractivity contribution in [3.8, 4) is 104 Å². The van der Waals surface area contributed by atoms with E-state index in [1.807, 2.05) is 174 Å². The SMILES string of the molecule is COc1ccc(-c2cc(C)c(Oc3nc(Nc4ccc(C#N)cc4)nc4ccn(C)c34)c(C)c2)cn1.COc1cccc(C#N)c1-c1cc(C)c(Oc2nc(Nc3ccc(C#N)cc3)nc3ccn(C)c23)c(C)c1.Cc1cc(-c2cccc(N(C)C)c2)cc(C)c1Oc1nc(Nc2ccc(C#N)cc2)nc2ccn(C)c12. The van der Waals surface area contributed by atoms with Gasteiger partial charge in [0, 0.05) is 100.0 Å². The van der Waals surface area contributed by atoms with Crippen LogP contribution in [0.2, 0.25) is 0 Å². The van der Waals surface area contributed by atoms with Crippen LogP contribution in [0.25, 0.3) is 66.5 Å². The molecule has 0 aliphatic rings. The number of nitrogens with one attached hydrogen (secondary N) is 3. The molecule has 7 heterocycles. The number of hydrogen-bond acceptors (Lipinski definition) is 20. The standard InChI is InChI=1S/C30H24N6O2.C30H28N6O.C28H24N6O2/c1-18-14-22(26-21(17-32)6-5-7-25(26)37-4)15-19(2)28(18)38-29-27-24(12-13-36(27)3)34-30(35-29)33-23-10-8-20(16-31)9-11-23;1-19-15-23(22-7-6-8-25(17-22)35(3)4)16-20(2)28(19)37-29-27-26(13-14-36(27)5)33-30(34-29)32-24-11-9-21(18-31)10-12-24;1-17-13-21(20-7-10-24(35-4)30-16-20)14-18(2)26(17)36-27-25-23(11-12-34(25)3)32-28(33-27)31-22-8-5-19(15-29)6-9-22/h5-15H,1-4H3,(H,33,34,35);6-17H,1-5H3,(H,32,33,34);5-14,16H,1-4H3,(H,31,32,33). The van der Waals surface area contributed by atoms with Crippen molar-refractivity contribution in [2.75, 3.05) is 49.2 Å². The number of ether oxygens (including phenoxy) is 5. The molecule has 548 valence electrons. The molecule has 0 saturated carbocycles. The lowest BCUT2D eigenvalue weighted by Gasteiger charge is -2.17. The third-order valence-corrected chi connectivity index (χ3v) is 18.5. The van der Waals surface area contributed by atoms with Crippen LogP contribution in [-0.4, -0.2) is 76.9 Å². The molecule has 0 saturated heterocycles. The first-order valence-corrected chi connectivity index (χ1v) is 35.2. The maximum Gasteiger partial charge on any atom is 0.249 e. The number of aromatic nitrogens is 10. The van der Waals surface area contributed by atoms with Crippen LogP contribution in [0.15, 0.2) is 207 Å². The highest BCUT2D eigenvalue weighted by atomic mass is 16.5. The lowest BCUT2D eigenvalue weighted by Crippen LogP contribution is -2.08. The number of anilines is 7. The Labute approximate surface area is 642 Å². The molecule has 111 heavy (non-hydrogen) atoms. The highest BCUT2D eigenvalue weighted by Gasteiger charge is 2.23. The van der Waals surface area contributed by atoms with Crippen LogP contribution < -0.4 is 44.5 Å². The monoisotopic (exact) mass is 1460 g/mol. The van der Waals surface area contributed by atoms with E-state index in [9.17, 15) is 5.26 Å². The molecule has 7 aromatic heterocycles. The van der Waals surface area contributed by atoms with Gasteiger partial charge in [0.25, 0.3) is 0 Å². The van der Waals surface area contributed by atoms with Crippen molar-refractivity contribution in [3.05, 3.63) is 262 Å². The Hall–Kier alpha value is -15.1. The lowest BCUT2D eigenvalue weighted by molar-refractivity contribution is 0.398. The van der Waals surface area contributed by atoms with E-state index in [1.54, 1.807) is 75.0 Å². The predicted molar refractivity (Wildman–Crippen MR) is 433 cm³/mol. The first-order chi connectivity index (χ1) is 53.7. The number of nitriles is 4. The highest BCUT2D eigenvalue weighted by molar-refractivity contribution is 5.86. The molecule has 0 amide bonds. The highest BCUT2D eigenvalue weighted by Crippen LogP contribution is 2.42. The lowest BCUT2D eigenvalue weighted by atomic mass is 9.95. The van der Waals surface area contributed by atoms with E-state index in [0.717, 1.165) is 134 Å². The zero-order valence-electron chi connectivity index (χ0n) is 63.4. The molecule has 3 N–H and O–H groups in total. The van der Waals surface area contributed by atoms with Crippen LogP contribution in [0, 0.1) is 86.9 Å². The average molecular weight is 1470 g/mol. The molecule has 0 aliphatic heterocycles. The second kappa shape index (κ2) is 32.3. The summed E-state index contributed by atoms with van der Waals surface area (Å²) < 4.78 is 35.9. The number of pyridine rings is 1. The quantitative estimate of drug-likeness (QED) is 0.0719. The first-order valence-electron chi connectivity index (χ1n) is 35.2. The zero-order chi connectivity index (χ0) is 78.1. The van der Waals surface area contributed by atoms with Crippen molar-refractivity contribution in [1.82, 2.24) is 48.6 Å². The second-order valence-corrected chi connectivity index (χ2v) is 26.6. The van der Waals surface area contributed by atoms with Gasteiger partial charge in [0.1, 0.15) is 39.5 Å². The predicted octanol–water partition coefficient (Wildman–Crippen LogP) is 19.3. The van der Waals surface area contributed by atoms with E-state index in [4.69, 9.17) is 54.4 Å². The molecule has 8 aromatic carbocycles. The summed E-state index contributed by atoms with van der Waals surface area (Å²) in [6.45, 7) is 12.1. The fraction of sp³-hybridized carbons (Fsp3) is 0.148. The van der Waals surface area contributed by atoms with Gasteiger partial charge < -0.3 is 58.2 Å².